The van der Waals surface area contributed by atoms with E-state index in [9.17, 15) is 14.3 Å². The fourth-order valence-corrected chi connectivity index (χ4v) is 3.67. The quantitative estimate of drug-likeness (QED) is 0.359. The van der Waals surface area contributed by atoms with Gasteiger partial charge in [-0.2, -0.15) is 0 Å². The number of carboxylic acid groups (broad SMARTS) is 1. The summed E-state index contributed by atoms with van der Waals surface area (Å²) >= 11 is 3.52. The molecule has 0 spiro atoms. The molecule has 0 fully saturated rings. The molecular weight excluding hydrogens is 481 g/mol. The van der Waals surface area contributed by atoms with Crippen molar-refractivity contribution < 1.29 is 28.5 Å². The molecule has 0 aliphatic carbocycles. The van der Waals surface area contributed by atoms with Crippen molar-refractivity contribution in [3.8, 4) is 17.2 Å². The fraction of sp³-hybridized carbons (Fsp3) is 0.208. The molecule has 0 unspecified atom stereocenters. The van der Waals surface area contributed by atoms with Crippen LogP contribution < -0.4 is 19.5 Å². The van der Waals surface area contributed by atoms with Gasteiger partial charge in [-0.05, 0) is 64.8 Å². The van der Waals surface area contributed by atoms with Crippen molar-refractivity contribution in [2.75, 3.05) is 19.0 Å². The summed E-state index contributed by atoms with van der Waals surface area (Å²) < 4.78 is 31.5. The van der Waals surface area contributed by atoms with Crippen molar-refractivity contribution in [2.24, 2.45) is 0 Å². The van der Waals surface area contributed by atoms with Gasteiger partial charge in [-0.15, -0.1) is 0 Å². The monoisotopic (exact) mass is 503 g/mol. The highest BCUT2D eigenvalue weighted by atomic mass is 79.9. The first-order valence-corrected chi connectivity index (χ1v) is 10.7. The Balaban J connectivity index is 1.81. The molecule has 8 heteroatoms. The Morgan fingerprint density at radius 1 is 1.09 bits per heavy atom. The van der Waals surface area contributed by atoms with Crippen LogP contribution in [0.2, 0.25) is 0 Å². The Morgan fingerprint density at radius 2 is 1.88 bits per heavy atom. The Morgan fingerprint density at radius 3 is 2.56 bits per heavy atom. The number of nitrogens with one attached hydrogen (secondary N) is 1. The number of hydrogen-bond donors (Lipinski definition) is 2. The minimum Gasteiger partial charge on any atom is -0.495 e. The number of aromatic carboxylic acids is 1. The molecule has 3 aromatic rings. The van der Waals surface area contributed by atoms with Crippen LogP contribution in [0.4, 0.5) is 10.1 Å². The summed E-state index contributed by atoms with van der Waals surface area (Å²) in [6.45, 7) is 2.73. The Hall–Kier alpha value is -3.26. The maximum Gasteiger partial charge on any atom is 0.335 e. The number of carbonyl (C=O) groups is 1. The maximum atomic E-state index is 13.9. The van der Waals surface area contributed by atoms with Crippen LogP contribution in [0.1, 0.15) is 28.4 Å². The van der Waals surface area contributed by atoms with Gasteiger partial charge in [-0.1, -0.05) is 18.2 Å². The summed E-state index contributed by atoms with van der Waals surface area (Å²) in [6, 6.07) is 14.7. The number of rotatable bonds is 10. The maximum absolute atomic E-state index is 13.9. The predicted molar refractivity (Wildman–Crippen MR) is 123 cm³/mol. The third kappa shape index (κ3) is 5.70. The second kappa shape index (κ2) is 10.9. The number of benzene rings is 3. The first-order valence-electron chi connectivity index (χ1n) is 9.89. The van der Waals surface area contributed by atoms with E-state index in [2.05, 4.69) is 21.2 Å². The number of hydrogen-bond acceptors (Lipinski definition) is 5. The van der Waals surface area contributed by atoms with Crippen LogP contribution >= 0.6 is 15.9 Å². The van der Waals surface area contributed by atoms with Crippen molar-refractivity contribution in [3.63, 3.8) is 0 Å². The first-order chi connectivity index (χ1) is 15.4. The van der Waals surface area contributed by atoms with Gasteiger partial charge in [0, 0.05) is 12.1 Å². The van der Waals surface area contributed by atoms with Crippen molar-refractivity contribution in [1.82, 2.24) is 0 Å². The standard InChI is InChI=1S/C24H23BrFNO5/c1-3-31-22-11-15(13-27-20-12-16(24(28)29)8-9-21(20)30-2)10-18(25)23(22)32-14-17-6-4-5-7-19(17)26/h4-12,27H,3,13-14H2,1-2H3,(H,28,29). The topological polar surface area (TPSA) is 77.0 Å². The Kier molecular flexibility index (Phi) is 7.94. The number of carboxylic acids is 1. The molecule has 32 heavy (non-hydrogen) atoms. The normalized spacial score (nSPS) is 10.5. The highest BCUT2D eigenvalue weighted by molar-refractivity contribution is 9.10. The Labute approximate surface area is 194 Å². The van der Waals surface area contributed by atoms with E-state index >= 15 is 0 Å². The molecule has 6 nitrogen and oxygen atoms in total. The van der Waals surface area contributed by atoms with Crippen LogP contribution in [0.15, 0.2) is 59.1 Å². The lowest BCUT2D eigenvalue weighted by atomic mass is 10.1. The van der Waals surface area contributed by atoms with Crippen molar-refractivity contribution in [3.05, 3.63) is 81.6 Å². The van der Waals surface area contributed by atoms with Crippen molar-refractivity contribution in [2.45, 2.75) is 20.1 Å². The highest BCUT2D eigenvalue weighted by Gasteiger charge is 2.15. The van der Waals surface area contributed by atoms with Gasteiger partial charge in [0.25, 0.3) is 0 Å². The van der Waals surface area contributed by atoms with Gasteiger partial charge in [0.2, 0.25) is 0 Å². The molecule has 0 bridgehead atoms. The van der Waals surface area contributed by atoms with Gasteiger partial charge >= 0.3 is 5.97 Å². The third-order valence-corrected chi connectivity index (χ3v) is 5.22. The van der Waals surface area contributed by atoms with E-state index in [0.29, 0.717) is 46.1 Å². The predicted octanol–water partition coefficient (Wildman–Crippen LogP) is 5.88. The van der Waals surface area contributed by atoms with Gasteiger partial charge in [0.15, 0.2) is 11.5 Å². The minimum atomic E-state index is -1.02. The van der Waals surface area contributed by atoms with E-state index < -0.39 is 5.97 Å². The molecule has 0 aliphatic rings. The number of halogens is 2. The summed E-state index contributed by atoms with van der Waals surface area (Å²) in [6.07, 6.45) is 0. The molecule has 0 aromatic heterocycles. The van der Waals surface area contributed by atoms with Gasteiger partial charge in [-0.25, -0.2) is 9.18 Å². The zero-order valence-corrected chi connectivity index (χ0v) is 19.2. The molecule has 0 amide bonds. The molecular formula is C24H23BrFNO5. The zero-order valence-electron chi connectivity index (χ0n) is 17.7. The van der Waals surface area contributed by atoms with E-state index in [-0.39, 0.29) is 18.0 Å². The second-order valence-corrected chi connectivity index (χ2v) is 7.65. The van der Waals surface area contributed by atoms with Crippen LogP contribution in [-0.4, -0.2) is 24.8 Å². The van der Waals surface area contributed by atoms with Crippen LogP contribution in [0.3, 0.4) is 0 Å². The largest absolute Gasteiger partial charge is 0.495 e. The summed E-state index contributed by atoms with van der Waals surface area (Å²) in [4.78, 5) is 11.3. The van der Waals surface area contributed by atoms with E-state index in [1.54, 1.807) is 24.3 Å². The molecule has 2 N–H and O–H groups in total. The Bertz CT molecular complexity index is 1110. The average molecular weight is 504 g/mol. The molecule has 0 aliphatic heterocycles. The fourth-order valence-electron chi connectivity index (χ4n) is 3.07. The van der Waals surface area contributed by atoms with Crippen molar-refractivity contribution >= 4 is 27.6 Å². The van der Waals surface area contributed by atoms with Crippen LogP contribution in [0.5, 0.6) is 17.2 Å². The van der Waals surface area contributed by atoms with Crippen LogP contribution in [0.25, 0.3) is 0 Å². The second-order valence-electron chi connectivity index (χ2n) is 6.79. The lowest BCUT2D eigenvalue weighted by Crippen LogP contribution is -2.06. The summed E-state index contributed by atoms with van der Waals surface area (Å²) in [5.41, 5.74) is 2.02. The van der Waals surface area contributed by atoms with E-state index in [4.69, 9.17) is 14.2 Å². The summed E-state index contributed by atoms with van der Waals surface area (Å²) in [7, 11) is 1.52. The minimum absolute atomic E-state index is 0.0577. The molecule has 0 saturated heterocycles. The highest BCUT2D eigenvalue weighted by Crippen LogP contribution is 2.38. The van der Waals surface area contributed by atoms with Crippen LogP contribution in [0, 0.1) is 5.82 Å². The lowest BCUT2D eigenvalue weighted by Gasteiger charge is -2.17. The molecule has 3 rings (SSSR count). The molecule has 0 radical (unpaired) electrons. The summed E-state index contributed by atoms with van der Waals surface area (Å²) in [5.74, 6) is 0.169. The van der Waals surface area contributed by atoms with Crippen molar-refractivity contribution in [1.29, 1.82) is 0 Å². The lowest BCUT2D eigenvalue weighted by molar-refractivity contribution is 0.0697. The van der Waals surface area contributed by atoms with Gasteiger partial charge in [0.1, 0.15) is 18.2 Å². The molecule has 168 valence electrons. The molecule has 0 heterocycles. The average Bonchev–Trinajstić information content (AvgIpc) is 2.78. The first kappa shape index (κ1) is 23.4. The van der Waals surface area contributed by atoms with E-state index in [1.165, 1.54) is 25.3 Å². The summed E-state index contributed by atoms with van der Waals surface area (Å²) in [5, 5.41) is 12.4. The van der Waals surface area contributed by atoms with Gasteiger partial charge in [-0.3, -0.25) is 0 Å². The van der Waals surface area contributed by atoms with Gasteiger partial charge in [0.05, 0.1) is 29.4 Å². The van der Waals surface area contributed by atoms with E-state index in [1.807, 2.05) is 19.1 Å². The van der Waals surface area contributed by atoms with E-state index in [0.717, 1.165) is 5.56 Å². The zero-order chi connectivity index (χ0) is 23.1. The molecule has 0 saturated carbocycles. The number of anilines is 1. The SMILES string of the molecule is CCOc1cc(CNc2cc(C(=O)O)ccc2OC)cc(Br)c1OCc1ccccc1F. The van der Waals surface area contributed by atoms with Crippen LogP contribution in [-0.2, 0) is 13.2 Å². The third-order valence-electron chi connectivity index (χ3n) is 4.63. The number of ether oxygens (including phenoxy) is 3. The smallest absolute Gasteiger partial charge is 0.335 e. The number of methoxy groups -OCH3 is 1. The van der Waals surface area contributed by atoms with Gasteiger partial charge < -0.3 is 24.6 Å². The molecule has 3 aromatic carbocycles. The molecule has 0 atom stereocenters.